The van der Waals surface area contributed by atoms with Gasteiger partial charge in [-0.15, -0.1) is 13.2 Å². The first kappa shape index (κ1) is 13.4. The van der Waals surface area contributed by atoms with E-state index in [9.17, 15) is 13.2 Å². The fourth-order valence-corrected chi connectivity index (χ4v) is 1.25. The van der Waals surface area contributed by atoms with E-state index in [1.54, 1.807) is 0 Å². The molecule has 0 spiro atoms. The van der Waals surface area contributed by atoms with Crippen molar-refractivity contribution in [3.05, 3.63) is 11.8 Å². The van der Waals surface area contributed by atoms with Crippen LogP contribution in [0.1, 0.15) is 5.56 Å². The molecule has 5 nitrogen and oxygen atoms in total. The molecule has 1 heterocycles. The van der Waals surface area contributed by atoms with Crippen molar-refractivity contribution < 1.29 is 27.4 Å². The lowest BCUT2D eigenvalue weighted by atomic mass is 10.2. The summed E-state index contributed by atoms with van der Waals surface area (Å²) >= 11 is 0. The van der Waals surface area contributed by atoms with Gasteiger partial charge in [-0.3, -0.25) is 0 Å². The van der Waals surface area contributed by atoms with Gasteiger partial charge >= 0.3 is 6.36 Å². The highest BCUT2D eigenvalue weighted by molar-refractivity contribution is 5.49. The van der Waals surface area contributed by atoms with Gasteiger partial charge in [-0.2, -0.15) is 0 Å². The van der Waals surface area contributed by atoms with Crippen molar-refractivity contribution in [2.75, 3.05) is 14.2 Å². The average Bonchev–Trinajstić information content (AvgIpc) is 2.26. The lowest BCUT2D eigenvalue weighted by molar-refractivity contribution is -0.276. The van der Waals surface area contributed by atoms with Crippen LogP contribution >= 0.6 is 0 Å². The summed E-state index contributed by atoms with van der Waals surface area (Å²) in [5.74, 6) is -0.385. The van der Waals surface area contributed by atoms with E-state index < -0.39 is 12.2 Å². The molecule has 0 aromatic carbocycles. The number of aromatic nitrogens is 1. The molecule has 1 aromatic rings. The summed E-state index contributed by atoms with van der Waals surface area (Å²) in [5.41, 5.74) is 5.34. The van der Waals surface area contributed by atoms with E-state index in [-0.39, 0.29) is 23.6 Å². The van der Waals surface area contributed by atoms with Gasteiger partial charge in [0.25, 0.3) is 0 Å². The van der Waals surface area contributed by atoms with Gasteiger partial charge in [0.1, 0.15) is 0 Å². The van der Waals surface area contributed by atoms with Crippen LogP contribution in [0.15, 0.2) is 6.20 Å². The molecular weight excluding hydrogens is 241 g/mol. The lowest BCUT2D eigenvalue weighted by Crippen LogP contribution is -2.20. The quantitative estimate of drug-likeness (QED) is 0.878. The maximum atomic E-state index is 12.1. The topological polar surface area (TPSA) is 66.6 Å². The SMILES string of the molecule is COc1cnc(OC(F)(F)F)c(CN)c1OC. The number of halogens is 3. The van der Waals surface area contributed by atoms with Gasteiger partial charge < -0.3 is 19.9 Å². The second-order valence-electron chi connectivity index (χ2n) is 2.90. The van der Waals surface area contributed by atoms with E-state index in [2.05, 4.69) is 9.72 Å². The number of alkyl halides is 3. The Balaban J connectivity index is 3.23. The molecule has 8 heteroatoms. The van der Waals surface area contributed by atoms with Crippen molar-refractivity contribution in [2.24, 2.45) is 5.73 Å². The third-order valence-corrected chi connectivity index (χ3v) is 1.90. The molecular formula is C9H11F3N2O3. The summed E-state index contributed by atoms with van der Waals surface area (Å²) in [7, 11) is 2.62. The van der Waals surface area contributed by atoms with Crippen LogP contribution in [0.4, 0.5) is 13.2 Å². The zero-order valence-corrected chi connectivity index (χ0v) is 9.17. The molecule has 1 aromatic heterocycles. The summed E-state index contributed by atoms with van der Waals surface area (Å²) in [6.07, 6.45) is -3.77. The molecule has 0 amide bonds. The molecule has 0 fully saturated rings. The number of ether oxygens (including phenoxy) is 3. The van der Waals surface area contributed by atoms with Crippen molar-refractivity contribution in [2.45, 2.75) is 12.9 Å². The molecule has 0 aliphatic heterocycles. The van der Waals surface area contributed by atoms with Crippen molar-refractivity contribution in [1.82, 2.24) is 4.98 Å². The zero-order valence-electron chi connectivity index (χ0n) is 9.17. The van der Waals surface area contributed by atoms with Gasteiger partial charge in [0.15, 0.2) is 11.5 Å². The number of hydrogen-bond donors (Lipinski definition) is 1. The Hall–Kier alpha value is -1.70. The predicted molar refractivity (Wildman–Crippen MR) is 51.9 cm³/mol. The van der Waals surface area contributed by atoms with Gasteiger partial charge in [-0.05, 0) is 0 Å². The molecule has 0 unspecified atom stereocenters. The molecule has 0 saturated carbocycles. The zero-order chi connectivity index (χ0) is 13.1. The van der Waals surface area contributed by atoms with Crippen LogP contribution in [0.2, 0.25) is 0 Å². The molecule has 0 atom stereocenters. The Labute approximate surface area is 95.3 Å². The Morgan fingerprint density at radius 3 is 2.35 bits per heavy atom. The van der Waals surface area contributed by atoms with E-state index in [4.69, 9.17) is 15.2 Å². The summed E-state index contributed by atoms with van der Waals surface area (Å²) in [6.45, 7) is -0.223. The molecule has 17 heavy (non-hydrogen) atoms. The number of pyridine rings is 1. The number of hydrogen-bond acceptors (Lipinski definition) is 5. The fourth-order valence-electron chi connectivity index (χ4n) is 1.25. The van der Waals surface area contributed by atoms with Crippen molar-refractivity contribution in [1.29, 1.82) is 0 Å². The average molecular weight is 252 g/mol. The van der Waals surface area contributed by atoms with Crippen molar-refractivity contribution >= 4 is 0 Å². The van der Waals surface area contributed by atoms with E-state index in [0.29, 0.717) is 0 Å². The van der Waals surface area contributed by atoms with E-state index in [1.165, 1.54) is 14.2 Å². The molecule has 0 saturated heterocycles. The largest absolute Gasteiger partial charge is 0.574 e. The van der Waals surface area contributed by atoms with E-state index in [1.807, 2.05) is 0 Å². The number of rotatable bonds is 4. The van der Waals surface area contributed by atoms with Crippen LogP contribution in [0, 0.1) is 0 Å². The summed E-state index contributed by atoms with van der Waals surface area (Å²) in [4.78, 5) is 3.49. The van der Waals surface area contributed by atoms with Crippen LogP contribution in [0.3, 0.4) is 0 Å². The third-order valence-electron chi connectivity index (χ3n) is 1.90. The highest BCUT2D eigenvalue weighted by atomic mass is 19.4. The highest BCUT2D eigenvalue weighted by Crippen LogP contribution is 2.36. The Bertz CT molecular complexity index is 396. The number of nitrogens with zero attached hydrogens (tertiary/aromatic N) is 1. The Kier molecular flexibility index (Phi) is 4.00. The minimum absolute atomic E-state index is 0.0100. The van der Waals surface area contributed by atoms with Gasteiger partial charge in [-0.1, -0.05) is 0 Å². The summed E-state index contributed by atoms with van der Waals surface area (Å²) in [5, 5.41) is 0. The molecule has 0 radical (unpaired) electrons. The fraction of sp³-hybridized carbons (Fsp3) is 0.444. The molecule has 2 N–H and O–H groups in total. The van der Waals surface area contributed by atoms with Crippen LogP contribution in [0.25, 0.3) is 0 Å². The van der Waals surface area contributed by atoms with Gasteiger partial charge in [0, 0.05) is 6.54 Å². The maximum absolute atomic E-state index is 12.1. The van der Waals surface area contributed by atoms with Crippen molar-refractivity contribution in [3.63, 3.8) is 0 Å². The van der Waals surface area contributed by atoms with Crippen LogP contribution in [0.5, 0.6) is 17.4 Å². The highest BCUT2D eigenvalue weighted by Gasteiger charge is 2.34. The molecule has 0 bridgehead atoms. The molecule has 96 valence electrons. The monoisotopic (exact) mass is 252 g/mol. The minimum atomic E-state index is -4.84. The Morgan fingerprint density at radius 1 is 1.29 bits per heavy atom. The molecule has 0 aliphatic rings. The van der Waals surface area contributed by atoms with Gasteiger partial charge in [0.05, 0.1) is 26.0 Å². The summed E-state index contributed by atoms with van der Waals surface area (Å²) < 4.78 is 49.8. The first-order valence-corrected chi connectivity index (χ1v) is 4.48. The van der Waals surface area contributed by atoms with E-state index in [0.717, 1.165) is 6.20 Å². The first-order valence-electron chi connectivity index (χ1n) is 4.48. The van der Waals surface area contributed by atoms with E-state index >= 15 is 0 Å². The van der Waals surface area contributed by atoms with Crippen LogP contribution in [-0.4, -0.2) is 25.6 Å². The number of nitrogens with two attached hydrogens (primary N) is 1. The minimum Gasteiger partial charge on any atom is -0.492 e. The maximum Gasteiger partial charge on any atom is 0.574 e. The van der Waals surface area contributed by atoms with Gasteiger partial charge in [0.2, 0.25) is 5.88 Å². The number of methoxy groups -OCH3 is 2. The standard InChI is InChI=1S/C9H11F3N2O3/c1-15-6-4-14-8(17-9(10,11)12)5(3-13)7(6)16-2/h4H,3,13H2,1-2H3. The predicted octanol–water partition coefficient (Wildman–Crippen LogP) is 1.46. The lowest BCUT2D eigenvalue weighted by Gasteiger charge is -2.15. The smallest absolute Gasteiger partial charge is 0.492 e. The second-order valence-corrected chi connectivity index (χ2v) is 2.90. The molecule has 0 aliphatic carbocycles. The first-order chi connectivity index (χ1) is 7.92. The van der Waals surface area contributed by atoms with Crippen LogP contribution < -0.4 is 19.9 Å². The normalized spacial score (nSPS) is 11.2. The van der Waals surface area contributed by atoms with Crippen LogP contribution in [-0.2, 0) is 6.54 Å². The molecule has 1 rings (SSSR count). The van der Waals surface area contributed by atoms with Gasteiger partial charge in [-0.25, -0.2) is 4.98 Å². The third kappa shape index (κ3) is 3.13. The second kappa shape index (κ2) is 5.09. The van der Waals surface area contributed by atoms with Crippen molar-refractivity contribution in [3.8, 4) is 17.4 Å². The summed E-state index contributed by atoms with van der Waals surface area (Å²) in [6, 6.07) is 0. The Morgan fingerprint density at radius 2 is 1.94 bits per heavy atom.